The number of rotatable bonds is 3. The predicted molar refractivity (Wildman–Crippen MR) is 80.7 cm³/mol. The number of methoxy groups -OCH3 is 1. The second kappa shape index (κ2) is 6.04. The van der Waals surface area contributed by atoms with E-state index in [1.54, 1.807) is 0 Å². The molecule has 0 aromatic heterocycles. The molecule has 1 aliphatic rings. The molecule has 18 heavy (non-hydrogen) atoms. The van der Waals surface area contributed by atoms with E-state index >= 15 is 0 Å². The highest BCUT2D eigenvalue weighted by atomic mass is 127. The Bertz CT molecular complexity index is 398. The van der Waals surface area contributed by atoms with Crippen molar-refractivity contribution < 1.29 is 9.53 Å². The Morgan fingerprint density at radius 2 is 1.83 bits per heavy atom. The van der Waals surface area contributed by atoms with Gasteiger partial charge in [-0.25, -0.2) is 0 Å². The minimum Gasteiger partial charge on any atom is -0.468 e. The second-order valence-electron chi connectivity index (χ2n) is 4.90. The van der Waals surface area contributed by atoms with Crippen LogP contribution in [0.1, 0.15) is 37.7 Å². The van der Waals surface area contributed by atoms with Crippen LogP contribution in [0.25, 0.3) is 0 Å². The number of ether oxygens (including phenoxy) is 1. The number of benzene rings is 1. The van der Waals surface area contributed by atoms with E-state index in [1.807, 2.05) is 30.3 Å². The Morgan fingerprint density at radius 1 is 1.22 bits per heavy atom. The van der Waals surface area contributed by atoms with Gasteiger partial charge in [0.25, 0.3) is 0 Å². The van der Waals surface area contributed by atoms with E-state index in [-0.39, 0.29) is 5.97 Å². The molecule has 0 bridgehead atoms. The average molecular weight is 358 g/mol. The number of hydrogen-bond donors (Lipinski definition) is 0. The van der Waals surface area contributed by atoms with Gasteiger partial charge in [0.2, 0.25) is 0 Å². The van der Waals surface area contributed by atoms with Crippen LogP contribution in [-0.2, 0) is 13.0 Å². The van der Waals surface area contributed by atoms with Crippen LogP contribution in [0, 0.1) is 5.92 Å². The summed E-state index contributed by atoms with van der Waals surface area (Å²) in [5.41, 5.74) is 1.07. The average Bonchev–Trinajstić information content (AvgIpc) is 2.47. The molecule has 3 heteroatoms. The van der Waals surface area contributed by atoms with E-state index in [4.69, 9.17) is 4.74 Å². The standard InChI is InChI=1S/C15H19IO2/c1-18-14(17)15(16,12-8-4-2-5-9-12)13-10-6-3-7-11-13/h2,4-5,8-9,13H,3,6-7,10-11H2,1H3. The number of carbonyl (C=O) groups is 1. The van der Waals surface area contributed by atoms with Gasteiger partial charge in [0.05, 0.1) is 7.11 Å². The summed E-state index contributed by atoms with van der Waals surface area (Å²) in [4.78, 5) is 12.3. The summed E-state index contributed by atoms with van der Waals surface area (Å²) in [5, 5.41) is 0. The summed E-state index contributed by atoms with van der Waals surface area (Å²) in [5.74, 6) is 0.280. The fourth-order valence-electron chi connectivity index (χ4n) is 2.85. The van der Waals surface area contributed by atoms with Crippen molar-refractivity contribution in [3.8, 4) is 0 Å². The summed E-state index contributed by atoms with van der Waals surface area (Å²) < 4.78 is 4.56. The van der Waals surface area contributed by atoms with Crippen LogP contribution < -0.4 is 0 Å². The first-order chi connectivity index (χ1) is 8.69. The van der Waals surface area contributed by atoms with Gasteiger partial charge in [0.1, 0.15) is 3.42 Å². The zero-order chi connectivity index (χ0) is 13.0. The number of carbonyl (C=O) groups excluding carboxylic acids is 1. The van der Waals surface area contributed by atoms with Crippen molar-refractivity contribution >= 4 is 28.6 Å². The van der Waals surface area contributed by atoms with Crippen molar-refractivity contribution in [2.45, 2.75) is 35.5 Å². The van der Waals surface area contributed by atoms with Gasteiger partial charge < -0.3 is 4.74 Å². The van der Waals surface area contributed by atoms with E-state index < -0.39 is 3.42 Å². The molecule has 2 rings (SSSR count). The highest BCUT2D eigenvalue weighted by molar-refractivity contribution is 14.1. The molecule has 1 aliphatic carbocycles. The normalized spacial score (nSPS) is 20.1. The van der Waals surface area contributed by atoms with E-state index in [1.165, 1.54) is 26.4 Å². The third-order valence-electron chi connectivity index (χ3n) is 3.84. The zero-order valence-corrected chi connectivity index (χ0v) is 12.9. The lowest BCUT2D eigenvalue weighted by molar-refractivity contribution is -0.145. The maximum Gasteiger partial charge on any atom is 0.326 e. The summed E-state index contributed by atoms with van der Waals surface area (Å²) in [6, 6.07) is 10.1. The molecule has 0 N–H and O–H groups in total. The van der Waals surface area contributed by atoms with E-state index in [0.29, 0.717) is 5.92 Å². The summed E-state index contributed by atoms with van der Waals surface area (Å²) >= 11 is 2.31. The fourth-order valence-corrected chi connectivity index (χ4v) is 4.05. The van der Waals surface area contributed by atoms with Gasteiger partial charge in [-0.3, -0.25) is 4.79 Å². The molecule has 0 amide bonds. The van der Waals surface area contributed by atoms with Gasteiger partial charge in [-0.1, -0.05) is 72.2 Å². The highest BCUT2D eigenvalue weighted by Crippen LogP contribution is 2.47. The summed E-state index contributed by atoms with van der Waals surface area (Å²) in [6.07, 6.45) is 5.97. The minimum atomic E-state index is -0.520. The second-order valence-corrected chi connectivity index (χ2v) is 6.61. The molecule has 0 aliphatic heterocycles. The lowest BCUT2D eigenvalue weighted by atomic mass is 9.76. The van der Waals surface area contributed by atoms with Gasteiger partial charge in [-0.15, -0.1) is 0 Å². The van der Waals surface area contributed by atoms with Gasteiger partial charge in [-0.05, 0) is 24.3 Å². The number of alkyl halides is 1. The van der Waals surface area contributed by atoms with Gasteiger partial charge in [-0.2, -0.15) is 0 Å². The molecule has 0 saturated heterocycles. The lowest BCUT2D eigenvalue weighted by Crippen LogP contribution is -2.39. The van der Waals surface area contributed by atoms with Crippen LogP contribution in [0.2, 0.25) is 0 Å². The first-order valence-corrected chi connectivity index (χ1v) is 7.60. The van der Waals surface area contributed by atoms with Crippen molar-refractivity contribution in [1.29, 1.82) is 0 Å². The number of hydrogen-bond acceptors (Lipinski definition) is 2. The third kappa shape index (κ3) is 2.56. The highest BCUT2D eigenvalue weighted by Gasteiger charge is 2.45. The minimum absolute atomic E-state index is 0.110. The molecular weight excluding hydrogens is 339 g/mol. The molecule has 0 heterocycles. The molecular formula is C15H19IO2. The maximum atomic E-state index is 12.3. The van der Waals surface area contributed by atoms with Crippen LogP contribution in [-0.4, -0.2) is 13.1 Å². The lowest BCUT2D eigenvalue weighted by Gasteiger charge is -2.36. The molecule has 1 aromatic rings. The molecule has 1 atom stereocenters. The van der Waals surface area contributed by atoms with E-state index in [2.05, 4.69) is 22.6 Å². The Labute approximate surface area is 122 Å². The number of esters is 1. The molecule has 2 nitrogen and oxygen atoms in total. The SMILES string of the molecule is COC(=O)C(I)(c1ccccc1)C1CCCCC1. The van der Waals surface area contributed by atoms with Crippen molar-refractivity contribution in [1.82, 2.24) is 0 Å². The Morgan fingerprint density at radius 3 is 2.39 bits per heavy atom. The van der Waals surface area contributed by atoms with Crippen LogP contribution in [0.15, 0.2) is 30.3 Å². The molecule has 0 spiro atoms. The molecule has 1 aromatic carbocycles. The molecule has 98 valence electrons. The summed E-state index contributed by atoms with van der Waals surface area (Å²) in [6.45, 7) is 0. The Hall–Kier alpha value is -0.580. The van der Waals surface area contributed by atoms with Gasteiger partial charge in [0, 0.05) is 0 Å². The maximum absolute atomic E-state index is 12.3. The van der Waals surface area contributed by atoms with Crippen LogP contribution in [0.3, 0.4) is 0 Å². The van der Waals surface area contributed by atoms with Crippen molar-refractivity contribution in [2.24, 2.45) is 5.92 Å². The van der Waals surface area contributed by atoms with Gasteiger partial charge in [0.15, 0.2) is 0 Å². The van der Waals surface area contributed by atoms with Crippen molar-refractivity contribution in [3.63, 3.8) is 0 Å². The predicted octanol–water partition coefficient (Wildman–Crippen LogP) is 4.07. The number of halogens is 1. The largest absolute Gasteiger partial charge is 0.468 e. The first-order valence-electron chi connectivity index (χ1n) is 6.52. The Balaban J connectivity index is 2.36. The molecule has 0 radical (unpaired) electrons. The molecule has 1 fully saturated rings. The fraction of sp³-hybridized carbons (Fsp3) is 0.533. The van der Waals surface area contributed by atoms with Crippen molar-refractivity contribution in [3.05, 3.63) is 35.9 Å². The van der Waals surface area contributed by atoms with Crippen LogP contribution >= 0.6 is 22.6 Å². The monoisotopic (exact) mass is 358 g/mol. The zero-order valence-electron chi connectivity index (χ0n) is 10.7. The van der Waals surface area contributed by atoms with E-state index in [0.717, 1.165) is 18.4 Å². The third-order valence-corrected chi connectivity index (χ3v) is 5.79. The molecule has 1 unspecified atom stereocenters. The summed E-state index contributed by atoms with van der Waals surface area (Å²) in [7, 11) is 1.49. The van der Waals surface area contributed by atoms with Crippen LogP contribution in [0.4, 0.5) is 0 Å². The van der Waals surface area contributed by atoms with Gasteiger partial charge >= 0.3 is 5.97 Å². The quantitative estimate of drug-likeness (QED) is 0.463. The molecule has 1 saturated carbocycles. The van der Waals surface area contributed by atoms with E-state index in [9.17, 15) is 4.79 Å². The Kier molecular flexibility index (Phi) is 4.65. The topological polar surface area (TPSA) is 26.3 Å². The first kappa shape index (κ1) is 13.8. The van der Waals surface area contributed by atoms with Crippen molar-refractivity contribution in [2.75, 3.05) is 7.11 Å². The van der Waals surface area contributed by atoms with Crippen LogP contribution in [0.5, 0.6) is 0 Å². The smallest absolute Gasteiger partial charge is 0.326 e.